The van der Waals surface area contributed by atoms with E-state index in [1.54, 1.807) is 50.3 Å². The number of hydrogen-bond acceptors (Lipinski definition) is 0. The molecular formula is C45H94P+. The van der Waals surface area contributed by atoms with Gasteiger partial charge in [0.15, 0.2) is 0 Å². The second-order valence-electron chi connectivity index (χ2n) is 15.9. The van der Waals surface area contributed by atoms with Crippen molar-refractivity contribution < 1.29 is 0 Å². The first-order chi connectivity index (χ1) is 22.7. The summed E-state index contributed by atoms with van der Waals surface area (Å²) in [6.45, 7) is 9.38. The lowest BCUT2D eigenvalue weighted by Gasteiger charge is -2.28. The first-order valence-electron chi connectivity index (χ1n) is 22.6. The van der Waals surface area contributed by atoms with Crippen molar-refractivity contribution in [2.45, 2.75) is 265 Å². The standard InChI is InChI=1S/C45H94P/c1-5-9-13-17-21-22-23-24-25-26-27-28-29-33-37-41-45-46(42-38-34-30-18-14-10-6-2,43-39-35-31-19-15-11-7-3)44-40-36-32-20-16-12-8-4/h5-45H2,1-4H3/q+1. The van der Waals surface area contributed by atoms with Gasteiger partial charge in [-0.3, -0.25) is 0 Å². The van der Waals surface area contributed by atoms with Crippen molar-refractivity contribution in [3.63, 3.8) is 0 Å². The minimum absolute atomic E-state index is 0.768. The lowest BCUT2D eigenvalue weighted by atomic mass is 10.0. The summed E-state index contributed by atoms with van der Waals surface area (Å²) in [5.74, 6) is 0. The Hall–Kier alpha value is 0.430. The van der Waals surface area contributed by atoms with Crippen LogP contribution in [0, 0.1) is 0 Å². The normalized spacial score (nSPS) is 12.0. The summed E-state index contributed by atoms with van der Waals surface area (Å²) in [5.41, 5.74) is 0. The van der Waals surface area contributed by atoms with E-state index in [0.717, 1.165) is 0 Å². The minimum atomic E-state index is -0.768. The monoisotopic (exact) mass is 666 g/mol. The quantitative estimate of drug-likeness (QED) is 0.0450. The Morgan fingerprint density at radius 1 is 0.174 bits per heavy atom. The summed E-state index contributed by atoms with van der Waals surface area (Å²) in [4.78, 5) is 0. The van der Waals surface area contributed by atoms with Crippen LogP contribution in [0.2, 0.25) is 0 Å². The van der Waals surface area contributed by atoms with Gasteiger partial charge in [0.1, 0.15) is 0 Å². The molecule has 0 nitrogen and oxygen atoms in total. The second-order valence-corrected chi connectivity index (χ2v) is 20.4. The summed E-state index contributed by atoms with van der Waals surface area (Å²) < 4.78 is 0. The highest BCUT2D eigenvalue weighted by Crippen LogP contribution is 2.61. The Balaban J connectivity index is 4.56. The Bertz CT molecular complexity index is 482. The average molecular weight is 666 g/mol. The van der Waals surface area contributed by atoms with Crippen LogP contribution in [0.5, 0.6) is 0 Å². The van der Waals surface area contributed by atoms with Crippen LogP contribution >= 0.6 is 7.26 Å². The van der Waals surface area contributed by atoms with Crippen LogP contribution in [0.25, 0.3) is 0 Å². The lowest BCUT2D eigenvalue weighted by molar-refractivity contribution is 0.531. The zero-order valence-corrected chi connectivity index (χ0v) is 34.3. The molecule has 0 N–H and O–H groups in total. The lowest BCUT2D eigenvalue weighted by Crippen LogP contribution is -2.13. The van der Waals surface area contributed by atoms with E-state index in [1.165, 1.54) is 212 Å². The maximum Gasteiger partial charge on any atom is 0.0594 e. The molecule has 0 aromatic carbocycles. The molecule has 0 heterocycles. The van der Waals surface area contributed by atoms with Crippen molar-refractivity contribution in [1.82, 2.24) is 0 Å². The smallest absolute Gasteiger partial charge is 0.0594 e. The van der Waals surface area contributed by atoms with E-state index in [9.17, 15) is 0 Å². The van der Waals surface area contributed by atoms with Crippen molar-refractivity contribution in [3.05, 3.63) is 0 Å². The Morgan fingerprint density at radius 3 is 0.457 bits per heavy atom. The van der Waals surface area contributed by atoms with E-state index < -0.39 is 7.26 Å². The molecule has 0 unspecified atom stereocenters. The molecule has 0 rings (SSSR count). The van der Waals surface area contributed by atoms with Gasteiger partial charge in [0.05, 0.1) is 24.6 Å². The minimum Gasteiger partial charge on any atom is -0.0654 e. The van der Waals surface area contributed by atoms with Gasteiger partial charge in [0.25, 0.3) is 0 Å². The van der Waals surface area contributed by atoms with Gasteiger partial charge < -0.3 is 0 Å². The van der Waals surface area contributed by atoms with Crippen molar-refractivity contribution in [1.29, 1.82) is 0 Å². The number of unbranched alkanes of at least 4 members (excludes halogenated alkanes) is 33. The van der Waals surface area contributed by atoms with Gasteiger partial charge >= 0.3 is 0 Å². The van der Waals surface area contributed by atoms with E-state index in [-0.39, 0.29) is 0 Å². The molecule has 0 saturated carbocycles. The molecule has 0 amide bonds. The van der Waals surface area contributed by atoms with Crippen LogP contribution in [0.1, 0.15) is 265 Å². The molecule has 0 aliphatic carbocycles. The number of hydrogen-bond donors (Lipinski definition) is 0. The summed E-state index contributed by atoms with van der Waals surface area (Å²) in [6, 6.07) is 0. The van der Waals surface area contributed by atoms with Crippen LogP contribution in [0.15, 0.2) is 0 Å². The molecule has 0 atom stereocenters. The Morgan fingerprint density at radius 2 is 0.304 bits per heavy atom. The second kappa shape index (κ2) is 39.9. The Labute approximate surface area is 296 Å². The van der Waals surface area contributed by atoms with Crippen molar-refractivity contribution in [2.75, 3.05) is 24.6 Å². The molecule has 0 aliphatic rings. The molecule has 0 spiro atoms. The highest BCUT2D eigenvalue weighted by molar-refractivity contribution is 7.75. The maximum absolute atomic E-state index is 2.35. The van der Waals surface area contributed by atoms with Gasteiger partial charge in [-0.25, -0.2) is 0 Å². The highest BCUT2D eigenvalue weighted by Gasteiger charge is 2.35. The topological polar surface area (TPSA) is 0 Å². The van der Waals surface area contributed by atoms with E-state index in [0.29, 0.717) is 0 Å². The fourth-order valence-electron chi connectivity index (χ4n) is 7.88. The third-order valence-electron chi connectivity index (χ3n) is 11.2. The highest BCUT2D eigenvalue weighted by atomic mass is 31.2. The van der Waals surface area contributed by atoms with Gasteiger partial charge in [-0.1, -0.05) is 214 Å². The molecule has 46 heavy (non-hydrogen) atoms. The van der Waals surface area contributed by atoms with E-state index in [2.05, 4.69) is 27.7 Å². The molecular weight excluding hydrogens is 571 g/mol. The van der Waals surface area contributed by atoms with Crippen LogP contribution in [0.4, 0.5) is 0 Å². The third kappa shape index (κ3) is 34.3. The van der Waals surface area contributed by atoms with Crippen molar-refractivity contribution in [3.8, 4) is 0 Å². The SMILES string of the molecule is CCCCCCCCCCCCCCCCCC[P+](CCCCCCCCC)(CCCCCCCCC)CCCCCCCCC. The van der Waals surface area contributed by atoms with E-state index in [4.69, 9.17) is 0 Å². The molecule has 0 bridgehead atoms. The van der Waals surface area contributed by atoms with Crippen LogP contribution < -0.4 is 0 Å². The molecule has 0 aromatic heterocycles. The fraction of sp³-hybridized carbons (Fsp3) is 1.00. The predicted molar refractivity (Wildman–Crippen MR) is 220 cm³/mol. The maximum atomic E-state index is 2.35. The van der Waals surface area contributed by atoms with Gasteiger partial charge in [0.2, 0.25) is 0 Å². The number of rotatable bonds is 41. The van der Waals surface area contributed by atoms with Gasteiger partial charge in [-0.05, 0) is 51.4 Å². The first-order valence-corrected chi connectivity index (χ1v) is 25.1. The van der Waals surface area contributed by atoms with Gasteiger partial charge in [0, 0.05) is 7.26 Å². The molecule has 0 aromatic rings. The summed E-state index contributed by atoms with van der Waals surface area (Å²) in [6.07, 6.45) is 61.7. The average Bonchev–Trinajstić information content (AvgIpc) is 3.06. The fourth-order valence-corrected chi connectivity index (χ4v) is 12.8. The molecule has 0 aliphatic heterocycles. The third-order valence-corrected chi connectivity index (χ3v) is 16.3. The molecule has 0 radical (unpaired) electrons. The molecule has 278 valence electrons. The zero-order chi connectivity index (χ0) is 33.5. The van der Waals surface area contributed by atoms with Crippen LogP contribution in [-0.2, 0) is 0 Å². The zero-order valence-electron chi connectivity index (χ0n) is 33.4. The van der Waals surface area contributed by atoms with Crippen LogP contribution in [-0.4, -0.2) is 24.6 Å². The van der Waals surface area contributed by atoms with Crippen molar-refractivity contribution >= 4 is 7.26 Å². The first kappa shape index (κ1) is 46.4. The van der Waals surface area contributed by atoms with E-state index in [1.807, 2.05) is 0 Å². The van der Waals surface area contributed by atoms with Gasteiger partial charge in [-0.15, -0.1) is 0 Å². The van der Waals surface area contributed by atoms with Gasteiger partial charge in [-0.2, -0.15) is 0 Å². The summed E-state index contributed by atoms with van der Waals surface area (Å²) >= 11 is 0. The van der Waals surface area contributed by atoms with Crippen molar-refractivity contribution in [2.24, 2.45) is 0 Å². The molecule has 0 fully saturated rings. The summed E-state index contributed by atoms with van der Waals surface area (Å²) in [7, 11) is -0.768. The van der Waals surface area contributed by atoms with E-state index >= 15 is 0 Å². The largest absolute Gasteiger partial charge is 0.0654 e. The Kier molecular flexibility index (Phi) is 40.2. The summed E-state index contributed by atoms with van der Waals surface area (Å²) in [5, 5.41) is 0. The predicted octanol–water partition coefficient (Wildman–Crippen LogP) is 17.5. The van der Waals surface area contributed by atoms with Crippen LogP contribution in [0.3, 0.4) is 0 Å². The molecule has 1 heteroatoms. The molecule has 0 saturated heterocycles.